The van der Waals surface area contributed by atoms with Gasteiger partial charge in [-0.05, 0) is 36.8 Å². The van der Waals surface area contributed by atoms with Gasteiger partial charge in [0.1, 0.15) is 13.2 Å². The Balaban J connectivity index is 1.92. The summed E-state index contributed by atoms with van der Waals surface area (Å²) in [4.78, 5) is 24.6. The lowest BCUT2D eigenvalue weighted by Crippen LogP contribution is -2.28. The zero-order valence-corrected chi connectivity index (χ0v) is 14.3. The summed E-state index contributed by atoms with van der Waals surface area (Å²) in [5.74, 6) is -0.843. The Bertz CT molecular complexity index is 558. The number of rotatable bonds is 8. The fourth-order valence-electron chi connectivity index (χ4n) is 3.08. The van der Waals surface area contributed by atoms with Crippen molar-refractivity contribution in [1.29, 1.82) is 0 Å². The van der Waals surface area contributed by atoms with Crippen molar-refractivity contribution in [2.24, 2.45) is 11.8 Å². The summed E-state index contributed by atoms with van der Waals surface area (Å²) in [5.41, 5.74) is 1.73. The predicted octanol–water partition coefficient (Wildman–Crippen LogP) is 4.05. The standard InChI is InChI=1S/C20H26O4/c1-15(2)13-23-19(21)12-18(17-10-6-7-11-17)20(22)24-14-16-8-4-3-5-9-16/h3-5,8-9,17-18H,1,6-7,10-14H2,2H3/t18-/m1/s1. The molecule has 1 aromatic rings. The average Bonchev–Trinajstić information content (AvgIpc) is 3.11. The molecule has 1 fully saturated rings. The van der Waals surface area contributed by atoms with Crippen LogP contribution in [-0.2, 0) is 25.7 Å². The number of hydrogen-bond donors (Lipinski definition) is 0. The van der Waals surface area contributed by atoms with Gasteiger partial charge in [-0.3, -0.25) is 9.59 Å². The van der Waals surface area contributed by atoms with Gasteiger partial charge in [-0.1, -0.05) is 49.8 Å². The van der Waals surface area contributed by atoms with Crippen molar-refractivity contribution < 1.29 is 19.1 Å². The fourth-order valence-corrected chi connectivity index (χ4v) is 3.08. The topological polar surface area (TPSA) is 52.6 Å². The molecule has 1 saturated carbocycles. The molecular formula is C20H26O4. The van der Waals surface area contributed by atoms with E-state index in [0.717, 1.165) is 36.8 Å². The molecular weight excluding hydrogens is 304 g/mol. The van der Waals surface area contributed by atoms with Crippen LogP contribution >= 0.6 is 0 Å². The second kappa shape index (κ2) is 9.26. The smallest absolute Gasteiger partial charge is 0.310 e. The molecule has 0 aliphatic heterocycles. The van der Waals surface area contributed by atoms with E-state index in [2.05, 4.69) is 6.58 Å². The Morgan fingerprint density at radius 1 is 1.17 bits per heavy atom. The van der Waals surface area contributed by atoms with Crippen molar-refractivity contribution in [2.75, 3.05) is 6.61 Å². The van der Waals surface area contributed by atoms with Gasteiger partial charge in [-0.15, -0.1) is 0 Å². The summed E-state index contributed by atoms with van der Waals surface area (Å²) in [6, 6.07) is 9.57. The summed E-state index contributed by atoms with van der Waals surface area (Å²) < 4.78 is 10.6. The van der Waals surface area contributed by atoms with Gasteiger partial charge in [0.15, 0.2) is 0 Å². The lowest BCUT2D eigenvalue weighted by Gasteiger charge is -2.21. The first kappa shape index (κ1) is 18.2. The van der Waals surface area contributed by atoms with Crippen LogP contribution < -0.4 is 0 Å². The molecule has 1 aliphatic rings. The van der Waals surface area contributed by atoms with Gasteiger partial charge in [0, 0.05) is 0 Å². The molecule has 0 saturated heterocycles. The summed E-state index contributed by atoms with van der Waals surface area (Å²) in [6.07, 6.45) is 4.24. The maximum absolute atomic E-state index is 12.5. The third-order valence-corrected chi connectivity index (χ3v) is 4.36. The molecule has 0 radical (unpaired) electrons. The Morgan fingerprint density at radius 2 is 1.83 bits per heavy atom. The number of esters is 2. The van der Waals surface area contributed by atoms with Crippen LogP contribution in [0.2, 0.25) is 0 Å². The first-order valence-corrected chi connectivity index (χ1v) is 8.57. The molecule has 0 aromatic heterocycles. The molecule has 24 heavy (non-hydrogen) atoms. The van der Waals surface area contributed by atoms with Crippen LogP contribution in [-0.4, -0.2) is 18.5 Å². The van der Waals surface area contributed by atoms with Crippen LogP contribution in [0.25, 0.3) is 0 Å². The van der Waals surface area contributed by atoms with Crippen LogP contribution in [0.4, 0.5) is 0 Å². The monoisotopic (exact) mass is 330 g/mol. The lowest BCUT2D eigenvalue weighted by atomic mass is 9.88. The normalized spacial score (nSPS) is 15.7. The largest absolute Gasteiger partial charge is 0.461 e. The van der Waals surface area contributed by atoms with Gasteiger partial charge >= 0.3 is 11.9 Å². The molecule has 0 spiro atoms. The van der Waals surface area contributed by atoms with Gasteiger partial charge in [0.25, 0.3) is 0 Å². The second-order valence-corrected chi connectivity index (χ2v) is 6.57. The van der Waals surface area contributed by atoms with Crippen molar-refractivity contribution in [1.82, 2.24) is 0 Å². The molecule has 0 N–H and O–H groups in total. The van der Waals surface area contributed by atoms with E-state index in [-0.39, 0.29) is 37.5 Å². The minimum atomic E-state index is -0.408. The maximum Gasteiger partial charge on any atom is 0.310 e. The third-order valence-electron chi connectivity index (χ3n) is 4.36. The fraction of sp³-hybridized carbons (Fsp3) is 0.500. The highest BCUT2D eigenvalue weighted by atomic mass is 16.5. The summed E-state index contributed by atoms with van der Waals surface area (Å²) in [5, 5.41) is 0. The van der Waals surface area contributed by atoms with Crippen molar-refractivity contribution in [3.05, 3.63) is 48.0 Å². The van der Waals surface area contributed by atoms with Gasteiger partial charge in [-0.25, -0.2) is 0 Å². The molecule has 0 amide bonds. The number of hydrogen-bond acceptors (Lipinski definition) is 4. The third kappa shape index (κ3) is 5.84. The van der Waals surface area contributed by atoms with Crippen molar-refractivity contribution in [3.8, 4) is 0 Å². The van der Waals surface area contributed by atoms with Crippen LogP contribution in [0.1, 0.15) is 44.6 Å². The Kier molecular flexibility index (Phi) is 7.04. The van der Waals surface area contributed by atoms with Crippen molar-refractivity contribution in [3.63, 3.8) is 0 Å². The minimum absolute atomic E-state index is 0.0889. The minimum Gasteiger partial charge on any atom is -0.461 e. The Labute approximate surface area is 143 Å². The molecule has 130 valence electrons. The summed E-state index contributed by atoms with van der Waals surface area (Å²) in [6.45, 7) is 5.96. The van der Waals surface area contributed by atoms with E-state index in [1.54, 1.807) is 6.92 Å². The van der Waals surface area contributed by atoms with E-state index in [0.29, 0.717) is 0 Å². The molecule has 0 heterocycles. The first-order chi connectivity index (χ1) is 11.6. The van der Waals surface area contributed by atoms with Gasteiger partial charge in [0.05, 0.1) is 12.3 Å². The van der Waals surface area contributed by atoms with Gasteiger partial charge in [0.2, 0.25) is 0 Å². The Morgan fingerprint density at radius 3 is 2.46 bits per heavy atom. The molecule has 1 atom stereocenters. The SMILES string of the molecule is C=C(C)COC(=O)C[C@@H](C(=O)OCc1ccccc1)C1CCCC1. The molecule has 1 aliphatic carbocycles. The quantitative estimate of drug-likeness (QED) is 0.533. The number of carbonyl (C=O) groups excluding carboxylic acids is 2. The average molecular weight is 330 g/mol. The van der Waals surface area contributed by atoms with E-state index in [4.69, 9.17) is 9.47 Å². The van der Waals surface area contributed by atoms with E-state index in [1.807, 2.05) is 30.3 Å². The molecule has 0 unspecified atom stereocenters. The molecule has 4 heteroatoms. The van der Waals surface area contributed by atoms with Crippen molar-refractivity contribution >= 4 is 11.9 Å². The van der Waals surface area contributed by atoms with Crippen LogP contribution in [0.5, 0.6) is 0 Å². The molecule has 1 aromatic carbocycles. The summed E-state index contributed by atoms with van der Waals surface area (Å²) >= 11 is 0. The lowest BCUT2D eigenvalue weighted by molar-refractivity contribution is -0.157. The molecule has 4 nitrogen and oxygen atoms in total. The zero-order valence-electron chi connectivity index (χ0n) is 14.3. The first-order valence-electron chi connectivity index (χ1n) is 8.57. The highest BCUT2D eigenvalue weighted by Crippen LogP contribution is 2.34. The molecule has 0 bridgehead atoms. The highest BCUT2D eigenvalue weighted by Gasteiger charge is 2.34. The predicted molar refractivity (Wildman–Crippen MR) is 92.1 cm³/mol. The Hall–Kier alpha value is -2.10. The van der Waals surface area contributed by atoms with E-state index < -0.39 is 5.92 Å². The highest BCUT2D eigenvalue weighted by molar-refractivity contribution is 5.80. The van der Waals surface area contributed by atoms with E-state index >= 15 is 0 Å². The number of ether oxygens (including phenoxy) is 2. The molecule has 2 rings (SSSR count). The number of carbonyl (C=O) groups is 2. The second-order valence-electron chi connectivity index (χ2n) is 6.57. The maximum atomic E-state index is 12.5. The van der Waals surface area contributed by atoms with E-state index in [9.17, 15) is 9.59 Å². The van der Waals surface area contributed by atoms with Gasteiger partial charge in [-0.2, -0.15) is 0 Å². The van der Waals surface area contributed by atoms with Crippen molar-refractivity contribution in [2.45, 2.75) is 45.6 Å². The number of benzene rings is 1. The van der Waals surface area contributed by atoms with Crippen LogP contribution in [0, 0.1) is 11.8 Å². The summed E-state index contributed by atoms with van der Waals surface area (Å²) in [7, 11) is 0. The van der Waals surface area contributed by atoms with Crippen LogP contribution in [0.15, 0.2) is 42.5 Å². The van der Waals surface area contributed by atoms with Gasteiger partial charge < -0.3 is 9.47 Å². The van der Waals surface area contributed by atoms with Crippen LogP contribution in [0.3, 0.4) is 0 Å². The zero-order chi connectivity index (χ0) is 17.4. The van der Waals surface area contributed by atoms with E-state index in [1.165, 1.54) is 0 Å².